The molecule has 3 heterocycles. The van der Waals surface area contributed by atoms with Crippen LogP contribution in [0.1, 0.15) is 31.7 Å². The van der Waals surface area contributed by atoms with Crippen LogP contribution in [0, 0.1) is 17.2 Å². The molecule has 0 aromatic carbocycles. The number of hydrogen-bond acceptors (Lipinski definition) is 6. The van der Waals surface area contributed by atoms with E-state index in [1.165, 1.54) is 6.33 Å². The van der Waals surface area contributed by atoms with E-state index in [1.54, 1.807) is 6.20 Å². The van der Waals surface area contributed by atoms with Crippen LogP contribution in [-0.4, -0.2) is 53.2 Å². The molecule has 0 radical (unpaired) electrons. The molecule has 3 aromatic heterocycles. The molecule has 0 bridgehead atoms. The summed E-state index contributed by atoms with van der Waals surface area (Å²) in [6.07, 6.45) is 4.62. The molecule has 164 valence electrons. The molecule has 0 amide bonds. The van der Waals surface area contributed by atoms with Crippen molar-refractivity contribution in [2.45, 2.75) is 44.0 Å². The van der Waals surface area contributed by atoms with Crippen molar-refractivity contribution in [2.75, 3.05) is 0 Å². The van der Waals surface area contributed by atoms with Crippen LogP contribution in [0.15, 0.2) is 31.0 Å². The molecule has 0 aliphatic heterocycles. The number of halogens is 3. The highest BCUT2D eigenvalue weighted by molar-refractivity contribution is 5.89. The molecule has 9 nitrogen and oxygen atoms in total. The number of aromatic nitrogens is 5. The standard InChI is InChI=1S/C17H18N6O.C2HF3O2/c18-5-3-15(11-1-2-13(24)7-11)23-9-12(8-22-23)16-14-4-6-19-17(14)21-10-20-16;3-2(4,5)1(6)7/h4,6,8-11,13,15,24H,1-3,7H2,(H,19,20,21);(H,6,7)/t11-,13-,15?;/m0./s1. The Bertz CT molecular complexity index is 1090. The van der Waals surface area contributed by atoms with Gasteiger partial charge in [-0.25, -0.2) is 14.8 Å². The average Bonchev–Trinajstić information content (AvgIpc) is 3.46. The summed E-state index contributed by atoms with van der Waals surface area (Å²) in [5, 5.41) is 31.6. The quantitative estimate of drug-likeness (QED) is 0.571. The molecule has 12 heteroatoms. The van der Waals surface area contributed by atoms with Crippen LogP contribution in [-0.2, 0) is 4.79 Å². The highest BCUT2D eigenvalue weighted by Crippen LogP contribution is 2.37. The Labute approximate surface area is 174 Å². The van der Waals surface area contributed by atoms with Gasteiger partial charge >= 0.3 is 12.1 Å². The van der Waals surface area contributed by atoms with Crippen molar-refractivity contribution in [3.63, 3.8) is 0 Å². The minimum atomic E-state index is -5.08. The predicted molar refractivity (Wildman–Crippen MR) is 101 cm³/mol. The molecule has 1 unspecified atom stereocenters. The zero-order chi connectivity index (χ0) is 22.6. The van der Waals surface area contributed by atoms with Crippen LogP contribution >= 0.6 is 0 Å². The summed E-state index contributed by atoms with van der Waals surface area (Å²) < 4.78 is 33.6. The molecule has 4 rings (SSSR count). The van der Waals surface area contributed by atoms with E-state index in [0.29, 0.717) is 6.42 Å². The molecule has 31 heavy (non-hydrogen) atoms. The maximum Gasteiger partial charge on any atom is 0.490 e. The number of alkyl halides is 3. The molecule has 0 spiro atoms. The third-order valence-corrected chi connectivity index (χ3v) is 5.10. The van der Waals surface area contributed by atoms with Crippen molar-refractivity contribution < 1.29 is 28.2 Å². The van der Waals surface area contributed by atoms with Gasteiger partial charge in [-0.15, -0.1) is 0 Å². The van der Waals surface area contributed by atoms with Crippen molar-refractivity contribution >= 4 is 17.0 Å². The number of carboxylic acid groups (broad SMARTS) is 1. The minimum absolute atomic E-state index is 0.00977. The maximum atomic E-state index is 10.6. The summed E-state index contributed by atoms with van der Waals surface area (Å²) in [7, 11) is 0. The van der Waals surface area contributed by atoms with Crippen LogP contribution in [0.3, 0.4) is 0 Å². The van der Waals surface area contributed by atoms with Gasteiger partial charge in [-0.05, 0) is 31.2 Å². The summed E-state index contributed by atoms with van der Waals surface area (Å²) in [5.74, 6) is -2.47. The predicted octanol–water partition coefficient (Wildman–Crippen LogP) is 3.07. The number of H-pyrrole nitrogens is 1. The van der Waals surface area contributed by atoms with Crippen LogP contribution in [0.5, 0.6) is 0 Å². The highest BCUT2D eigenvalue weighted by Gasteiger charge is 2.38. The second-order valence-electron chi connectivity index (χ2n) is 7.13. The van der Waals surface area contributed by atoms with Gasteiger partial charge in [0.1, 0.15) is 12.0 Å². The summed E-state index contributed by atoms with van der Waals surface area (Å²) in [5.41, 5.74) is 2.53. The number of carboxylic acids is 1. The fourth-order valence-corrected chi connectivity index (χ4v) is 3.65. The number of aromatic amines is 1. The van der Waals surface area contributed by atoms with Crippen molar-refractivity contribution in [2.24, 2.45) is 5.92 Å². The molecule has 1 saturated carbocycles. The summed E-state index contributed by atoms with van der Waals surface area (Å²) >= 11 is 0. The molecule has 1 aliphatic carbocycles. The molecular formula is C19H19F3N6O3. The number of carbonyl (C=O) groups is 1. The van der Waals surface area contributed by atoms with Gasteiger partial charge in [-0.1, -0.05) is 0 Å². The fraction of sp³-hybridized carbons (Fsp3) is 0.421. The van der Waals surface area contributed by atoms with Crippen molar-refractivity contribution in [3.05, 3.63) is 31.0 Å². The Morgan fingerprint density at radius 2 is 2.13 bits per heavy atom. The van der Waals surface area contributed by atoms with E-state index in [1.807, 2.05) is 23.1 Å². The molecular weight excluding hydrogens is 417 g/mol. The number of fused-ring (bicyclic) bond motifs is 1. The Morgan fingerprint density at radius 3 is 2.74 bits per heavy atom. The van der Waals surface area contributed by atoms with Crippen LogP contribution in [0.4, 0.5) is 13.2 Å². The number of nitriles is 1. The lowest BCUT2D eigenvalue weighted by atomic mass is 9.96. The van der Waals surface area contributed by atoms with E-state index in [2.05, 4.69) is 26.1 Å². The summed E-state index contributed by atoms with van der Waals surface area (Å²) in [4.78, 5) is 20.6. The van der Waals surface area contributed by atoms with Gasteiger partial charge in [-0.3, -0.25) is 4.68 Å². The van der Waals surface area contributed by atoms with Gasteiger partial charge in [0.25, 0.3) is 0 Å². The first-order chi connectivity index (χ1) is 14.7. The van der Waals surface area contributed by atoms with Crippen LogP contribution in [0.25, 0.3) is 22.3 Å². The highest BCUT2D eigenvalue weighted by atomic mass is 19.4. The van der Waals surface area contributed by atoms with Gasteiger partial charge in [-0.2, -0.15) is 23.5 Å². The first kappa shape index (κ1) is 22.2. The molecule has 3 atom stereocenters. The Hall–Kier alpha value is -3.46. The van der Waals surface area contributed by atoms with Gasteiger partial charge in [0.2, 0.25) is 0 Å². The molecule has 1 aliphatic rings. The van der Waals surface area contributed by atoms with Gasteiger partial charge in [0.05, 0.1) is 36.5 Å². The number of aliphatic hydroxyl groups excluding tert-OH is 1. The Kier molecular flexibility index (Phi) is 6.55. The lowest BCUT2D eigenvalue weighted by Gasteiger charge is -2.21. The Morgan fingerprint density at radius 1 is 1.39 bits per heavy atom. The van der Waals surface area contributed by atoms with E-state index in [0.717, 1.165) is 41.6 Å². The summed E-state index contributed by atoms with van der Waals surface area (Å²) in [6.45, 7) is 0. The molecule has 1 fully saturated rings. The summed E-state index contributed by atoms with van der Waals surface area (Å²) in [6, 6.07) is 4.20. The lowest BCUT2D eigenvalue weighted by Crippen LogP contribution is -2.21. The normalized spacial score (nSPS) is 19.5. The van der Waals surface area contributed by atoms with Gasteiger partial charge < -0.3 is 15.2 Å². The Balaban J connectivity index is 0.000000339. The van der Waals surface area contributed by atoms with Crippen molar-refractivity contribution in [3.8, 4) is 17.3 Å². The van der Waals surface area contributed by atoms with E-state index in [4.69, 9.17) is 9.90 Å². The van der Waals surface area contributed by atoms with E-state index >= 15 is 0 Å². The van der Waals surface area contributed by atoms with Crippen LogP contribution in [0.2, 0.25) is 0 Å². The first-order valence-electron chi connectivity index (χ1n) is 9.38. The maximum absolute atomic E-state index is 10.6. The molecule has 3 aromatic rings. The SMILES string of the molecule is N#CCC([C@H]1CC[C@H](O)C1)n1cc(-c2ncnc3[nH]ccc23)cn1.O=C(O)C(F)(F)F. The lowest BCUT2D eigenvalue weighted by molar-refractivity contribution is -0.192. The van der Waals surface area contributed by atoms with Gasteiger partial charge in [0.15, 0.2) is 0 Å². The first-order valence-corrected chi connectivity index (χ1v) is 9.38. The zero-order valence-corrected chi connectivity index (χ0v) is 16.1. The zero-order valence-electron chi connectivity index (χ0n) is 16.1. The number of aliphatic hydroxyl groups is 1. The monoisotopic (exact) mass is 436 g/mol. The number of aliphatic carboxylic acids is 1. The minimum Gasteiger partial charge on any atom is -0.475 e. The molecule has 3 N–H and O–H groups in total. The topological polar surface area (TPSA) is 141 Å². The van der Waals surface area contributed by atoms with Crippen molar-refractivity contribution in [1.82, 2.24) is 24.7 Å². The number of rotatable bonds is 4. The fourth-order valence-electron chi connectivity index (χ4n) is 3.65. The van der Waals surface area contributed by atoms with E-state index in [9.17, 15) is 23.5 Å². The number of nitrogens with zero attached hydrogens (tertiary/aromatic N) is 5. The number of nitrogens with one attached hydrogen (secondary N) is 1. The van der Waals surface area contributed by atoms with Crippen LogP contribution < -0.4 is 0 Å². The number of hydrogen-bond donors (Lipinski definition) is 3. The van der Waals surface area contributed by atoms with E-state index < -0.39 is 12.1 Å². The average molecular weight is 436 g/mol. The second kappa shape index (κ2) is 9.13. The van der Waals surface area contributed by atoms with Crippen molar-refractivity contribution in [1.29, 1.82) is 5.26 Å². The smallest absolute Gasteiger partial charge is 0.475 e. The third-order valence-electron chi connectivity index (χ3n) is 5.10. The van der Waals surface area contributed by atoms with Gasteiger partial charge in [0, 0.05) is 23.3 Å². The third kappa shape index (κ3) is 5.18. The van der Waals surface area contributed by atoms with E-state index in [-0.39, 0.29) is 18.1 Å². The second-order valence-corrected chi connectivity index (χ2v) is 7.13. The largest absolute Gasteiger partial charge is 0.490 e. The molecule has 0 saturated heterocycles.